The number of nitrogens with two attached hydrogens (primary N) is 1. The zero-order chi connectivity index (χ0) is 20.3. The standard InChI is InChI=1S/C23H37N3OS/c1-13-11-19-17-6-5-15-12-16(27)7-9-22(15,3)18(17)8-10-23(19,4)20(13)14(2)25-26-21(24)28/h15-19,27H,5-12H2,1-4H3,(H3,24,26,28)/b25-14+/t15-,16-,17-,18-,19-,22-,23-/m0/s1. The van der Waals surface area contributed by atoms with E-state index in [0.717, 1.165) is 42.2 Å². The van der Waals surface area contributed by atoms with Crippen molar-refractivity contribution in [1.82, 2.24) is 5.43 Å². The number of aliphatic hydroxyl groups is 1. The van der Waals surface area contributed by atoms with Crippen molar-refractivity contribution in [3.05, 3.63) is 11.1 Å². The summed E-state index contributed by atoms with van der Waals surface area (Å²) in [7, 11) is 0. The minimum atomic E-state index is -0.0644. The summed E-state index contributed by atoms with van der Waals surface area (Å²) in [6.45, 7) is 9.44. The number of nitrogens with one attached hydrogen (secondary N) is 1. The van der Waals surface area contributed by atoms with Crippen molar-refractivity contribution in [2.45, 2.75) is 85.2 Å². The van der Waals surface area contributed by atoms with Crippen LogP contribution in [-0.2, 0) is 0 Å². The quantitative estimate of drug-likeness (QED) is 0.360. The molecule has 5 heteroatoms. The smallest absolute Gasteiger partial charge is 0.184 e. The average Bonchev–Trinajstić information content (AvgIpc) is 2.90. The Hall–Kier alpha value is -0.940. The van der Waals surface area contributed by atoms with Crippen LogP contribution in [0.15, 0.2) is 16.2 Å². The number of fused-ring (bicyclic) bond motifs is 5. The lowest BCUT2D eigenvalue weighted by molar-refractivity contribution is -0.117. The third-order valence-electron chi connectivity index (χ3n) is 9.25. The third-order valence-corrected chi connectivity index (χ3v) is 9.34. The van der Waals surface area contributed by atoms with Crippen LogP contribution in [0.4, 0.5) is 0 Å². The topological polar surface area (TPSA) is 70.6 Å². The lowest BCUT2D eigenvalue weighted by Crippen LogP contribution is -2.53. The predicted octanol–water partition coefficient (Wildman–Crippen LogP) is 4.53. The molecule has 0 spiro atoms. The van der Waals surface area contributed by atoms with Crippen molar-refractivity contribution < 1.29 is 5.11 Å². The van der Waals surface area contributed by atoms with E-state index in [0.29, 0.717) is 5.41 Å². The molecule has 0 heterocycles. The van der Waals surface area contributed by atoms with E-state index >= 15 is 0 Å². The van der Waals surface area contributed by atoms with Gasteiger partial charge < -0.3 is 10.8 Å². The Morgan fingerprint density at radius 3 is 2.64 bits per heavy atom. The number of hydrogen-bond donors (Lipinski definition) is 3. The number of aliphatic hydroxyl groups excluding tert-OH is 1. The molecule has 0 aliphatic heterocycles. The minimum absolute atomic E-state index is 0.0644. The van der Waals surface area contributed by atoms with Gasteiger partial charge in [-0.2, -0.15) is 5.10 Å². The third kappa shape index (κ3) is 3.04. The van der Waals surface area contributed by atoms with Crippen LogP contribution >= 0.6 is 12.2 Å². The largest absolute Gasteiger partial charge is 0.393 e. The SMILES string of the molecule is CC1=C(/C(C)=N/NC(N)=S)[C@@]2(C)CC[C@H]3[C@H](CC[C@H]4C[C@@H](O)CC[C@@]43C)[C@@H]2C1. The van der Waals surface area contributed by atoms with Crippen molar-refractivity contribution >= 4 is 23.0 Å². The monoisotopic (exact) mass is 403 g/mol. The summed E-state index contributed by atoms with van der Waals surface area (Å²) in [6, 6.07) is 0. The van der Waals surface area contributed by atoms with Gasteiger partial charge in [-0.1, -0.05) is 19.4 Å². The molecule has 0 amide bonds. The van der Waals surface area contributed by atoms with Crippen LogP contribution in [-0.4, -0.2) is 22.0 Å². The highest BCUT2D eigenvalue weighted by atomic mass is 32.1. The summed E-state index contributed by atoms with van der Waals surface area (Å²) in [6.07, 6.45) is 9.57. The molecule has 4 aliphatic rings. The summed E-state index contributed by atoms with van der Waals surface area (Å²) >= 11 is 4.94. The van der Waals surface area contributed by atoms with Gasteiger partial charge in [-0.15, -0.1) is 0 Å². The van der Waals surface area contributed by atoms with Gasteiger partial charge in [-0.05, 0) is 118 Å². The van der Waals surface area contributed by atoms with Crippen LogP contribution < -0.4 is 11.2 Å². The molecule has 0 aromatic carbocycles. The fourth-order valence-corrected chi connectivity index (χ4v) is 8.12. The van der Waals surface area contributed by atoms with E-state index < -0.39 is 0 Å². The summed E-state index contributed by atoms with van der Waals surface area (Å²) in [4.78, 5) is 0. The second-order valence-corrected chi connectivity index (χ2v) is 11.0. The maximum absolute atomic E-state index is 10.2. The molecule has 0 aromatic heterocycles. The lowest BCUT2D eigenvalue weighted by Gasteiger charge is -2.60. The fraction of sp³-hybridized carbons (Fsp3) is 0.826. The highest BCUT2D eigenvalue weighted by Gasteiger charge is 2.59. The molecule has 28 heavy (non-hydrogen) atoms. The Kier molecular flexibility index (Phi) is 5.15. The van der Waals surface area contributed by atoms with Crippen molar-refractivity contribution in [3.8, 4) is 0 Å². The van der Waals surface area contributed by atoms with Gasteiger partial charge in [-0.25, -0.2) is 0 Å². The molecule has 7 atom stereocenters. The van der Waals surface area contributed by atoms with Gasteiger partial charge in [0.1, 0.15) is 0 Å². The van der Waals surface area contributed by atoms with Crippen LogP contribution in [0.25, 0.3) is 0 Å². The molecule has 0 aromatic rings. The Bertz CT molecular complexity index is 731. The first kappa shape index (κ1) is 20.3. The fourth-order valence-electron chi connectivity index (χ4n) is 8.08. The zero-order valence-corrected chi connectivity index (χ0v) is 18.7. The van der Waals surface area contributed by atoms with E-state index in [2.05, 4.69) is 38.2 Å². The van der Waals surface area contributed by atoms with E-state index in [1.807, 2.05) is 0 Å². The van der Waals surface area contributed by atoms with Gasteiger partial charge in [0.25, 0.3) is 0 Å². The number of allylic oxidation sites excluding steroid dienone is 2. The Labute approximate surface area is 175 Å². The second kappa shape index (κ2) is 7.09. The van der Waals surface area contributed by atoms with Gasteiger partial charge >= 0.3 is 0 Å². The van der Waals surface area contributed by atoms with Gasteiger partial charge in [0.05, 0.1) is 11.8 Å². The number of hydrazone groups is 1. The van der Waals surface area contributed by atoms with Crippen molar-refractivity contribution in [2.75, 3.05) is 0 Å². The van der Waals surface area contributed by atoms with Crippen LogP contribution in [0.3, 0.4) is 0 Å². The molecule has 156 valence electrons. The lowest BCUT2D eigenvalue weighted by atomic mass is 9.44. The van der Waals surface area contributed by atoms with Crippen LogP contribution in [0.2, 0.25) is 0 Å². The zero-order valence-electron chi connectivity index (χ0n) is 17.9. The van der Waals surface area contributed by atoms with Gasteiger partial charge in [0, 0.05) is 0 Å². The number of hydrogen-bond acceptors (Lipinski definition) is 3. The normalized spacial score (nSPS) is 45.9. The molecule has 4 N–H and O–H groups in total. The van der Waals surface area contributed by atoms with E-state index in [1.165, 1.54) is 49.7 Å². The molecule has 3 saturated carbocycles. The molecular formula is C23H37N3OS. The van der Waals surface area contributed by atoms with Gasteiger partial charge in [0.2, 0.25) is 0 Å². The Balaban J connectivity index is 1.61. The second-order valence-electron chi connectivity index (χ2n) is 10.6. The Morgan fingerprint density at radius 2 is 1.93 bits per heavy atom. The average molecular weight is 404 g/mol. The molecule has 0 unspecified atom stereocenters. The Morgan fingerprint density at radius 1 is 1.18 bits per heavy atom. The number of rotatable bonds is 2. The van der Waals surface area contributed by atoms with E-state index in [1.54, 1.807) is 0 Å². The van der Waals surface area contributed by atoms with E-state index in [9.17, 15) is 5.11 Å². The highest BCUT2D eigenvalue weighted by molar-refractivity contribution is 7.80. The van der Waals surface area contributed by atoms with Gasteiger partial charge in [0.15, 0.2) is 5.11 Å². The summed E-state index contributed by atoms with van der Waals surface area (Å²) in [5, 5.41) is 15.0. The molecule has 4 rings (SSSR count). The van der Waals surface area contributed by atoms with Gasteiger partial charge in [-0.3, -0.25) is 5.43 Å². The first-order chi connectivity index (χ1) is 13.2. The van der Waals surface area contributed by atoms with Crippen molar-refractivity contribution in [2.24, 2.45) is 45.3 Å². The maximum Gasteiger partial charge on any atom is 0.184 e. The maximum atomic E-state index is 10.2. The highest BCUT2D eigenvalue weighted by Crippen LogP contribution is 2.67. The van der Waals surface area contributed by atoms with Crippen molar-refractivity contribution in [3.63, 3.8) is 0 Å². The predicted molar refractivity (Wildman–Crippen MR) is 119 cm³/mol. The van der Waals surface area contributed by atoms with E-state index in [4.69, 9.17) is 18.0 Å². The molecule has 4 aliphatic carbocycles. The molecule has 0 radical (unpaired) electrons. The summed E-state index contributed by atoms with van der Waals surface area (Å²) in [5.41, 5.74) is 13.0. The first-order valence-corrected chi connectivity index (χ1v) is 11.6. The molecule has 0 saturated heterocycles. The van der Waals surface area contributed by atoms with Crippen LogP contribution in [0.1, 0.15) is 79.1 Å². The molecular weight excluding hydrogens is 366 g/mol. The van der Waals surface area contributed by atoms with Crippen LogP contribution in [0, 0.1) is 34.5 Å². The summed E-state index contributed by atoms with van der Waals surface area (Å²) in [5.74, 6) is 3.06. The van der Waals surface area contributed by atoms with Crippen molar-refractivity contribution in [1.29, 1.82) is 0 Å². The molecule has 3 fully saturated rings. The first-order valence-electron chi connectivity index (χ1n) is 11.1. The minimum Gasteiger partial charge on any atom is -0.393 e. The summed E-state index contributed by atoms with van der Waals surface area (Å²) < 4.78 is 0. The van der Waals surface area contributed by atoms with E-state index in [-0.39, 0.29) is 16.6 Å². The number of thiocarbonyl (C=S) groups is 1. The molecule has 0 bridgehead atoms. The number of nitrogens with zero attached hydrogens (tertiary/aromatic N) is 1. The molecule has 4 nitrogen and oxygen atoms in total. The van der Waals surface area contributed by atoms with Crippen LogP contribution in [0.5, 0.6) is 0 Å².